The van der Waals surface area contributed by atoms with Crippen LogP contribution in [0.3, 0.4) is 0 Å². The van der Waals surface area contributed by atoms with Gasteiger partial charge in [-0.3, -0.25) is 4.79 Å². The molecule has 0 unspecified atom stereocenters. The third-order valence-corrected chi connectivity index (χ3v) is 5.01. The quantitative estimate of drug-likeness (QED) is 0.204. The number of carbonyl (C=O) groups excluding carboxylic acids is 2. The van der Waals surface area contributed by atoms with E-state index in [1.807, 2.05) is 79.7 Å². The Bertz CT molecular complexity index is 1280. The summed E-state index contributed by atoms with van der Waals surface area (Å²) in [5.41, 5.74) is 5.59. The summed E-state index contributed by atoms with van der Waals surface area (Å²) in [6.45, 7) is 1.96. The molecule has 0 radical (unpaired) electrons. The standard InChI is InChI=1S/C27H22N2O3/c1-19-11-13-22(14-12-19)27(31)32-25-16-15-21-9-5-6-10-23(21)24(25)18-28-29-26(30)17-20-7-3-2-4-8-20/h2-16,18H,17H2,1H3,(H,29,30). The average Bonchev–Trinajstić information content (AvgIpc) is 2.81. The van der Waals surface area contributed by atoms with E-state index < -0.39 is 5.97 Å². The Hall–Kier alpha value is -4.25. The van der Waals surface area contributed by atoms with Crippen LogP contribution >= 0.6 is 0 Å². The van der Waals surface area contributed by atoms with Crippen molar-refractivity contribution in [3.05, 3.63) is 113 Å². The van der Waals surface area contributed by atoms with E-state index in [4.69, 9.17) is 4.74 Å². The molecule has 4 aromatic carbocycles. The zero-order valence-electron chi connectivity index (χ0n) is 17.6. The summed E-state index contributed by atoms with van der Waals surface area (Å²) in [5.74, 6) is -0.315. The van der Waals surface area contributed by atoms with Gasteiger partial charge in [0.05, 0.1) is 18.2 Å². The smallest absolute Gasteiger partial charge is 0.343 e. The topological polar surface area (TPSA) is 67.8 Å². The number of ether oxygens (including phenoxy) is 1. The molecule has 32 heavy (non-hydrogen) atoms. The minimum Gasteiger partial charge on any atom is -0.422 e. The molecule has 0 atom stereocenters. The molecule has 4 aromatic rings. The van der Waals surface area contributed by atoms with Gasteiger partial charge in [-0.2, -0.15) is 5.10 Å². The van der Waals surface area contributed by atoms with Gasteiger partial charge in [-0.15, -0.1) is 0 Å². The molecular weight excluding hydrogens is 400 g/mol. The Morgan fingerprint density at radius 1 is 0.875 bits per heavy atom. The first kappa shape index (κ1) is 21.0. The van der Waals surface area contributed by atoms with Crippen LogP contribution in [0.4, 0.5) is 0 Å². The van der Waals surface area contributed by atoms with Gasteiger partial charge in [-0.1, -0.05) is 78.4 Å². The molecule has 5 heteroatoms. The van der Waals surface area contributed by atoms with Crippen LogP contribution in [0, 0.1) is 6.92 Å². The van der Waals surface area contributed by atoms with Crippen LogP contribution in [0.15, 0.2) is 96.1 Å². The second-order valence-electron chi connectivity index (χ2n) is 7.41. The minimum absolute atomic E-state index is 0.225. The van der Waals surface area contributed by atoms with E-state index in [2.05, 4.69) is 10.5 Å². The number of hydrogen-bond donors (Lipinski definition) is 1. The molecule has 1 N–H and O–H groups in total. The highest BCUT2D eigenvalue weighted by Gasteiger charge is 2.13. The van der Waals surface area contributed by atoms with Crippen LogP contribution in [0.25, 0.3) is 10.8 Å². The predicted octanol–water partition coefficient (Wildman–Crippen LogP) is 5.06. The average molecular weight is 422 g/mol. The number of carbonyl (C=O) groups is 2. The van der Waals surface area contributed by atoms with Crippen molar-refractivity contribution in [3.63, 3.8) is 0 Å². The summed E-state index contributed by atoms with van der Waals surface area (Å²) in [5, 5.41) is 5.96. The Labute approximate surface area is 186 Å². The van der Waals surface area contributed by atoms with Crippen LogP contribution in [0.5, 0.6) is 5.75 Å². The fraction of sp³-hybridized carbons (Fsp3) is 0.0741. The van der Waals surface area contributed by atoms with E-state index in [0.29, 0.717) is 16.9 Å². The first-order chi connectivity index (χ1) is 15.6. The number of nitrogens with zero attached hydrogens (tertiary/aromatic N) is 1. The van der Waals surface area contributed by atoms with Crippen molar-refractivity contribution in [2.24, 2.45) is 5.10 Å². The van der Waals surface area contributed by atoms with Crippen LogP contribution in [0.1, 0.15) is 27.0 Å². The van der Waals surface area contributed by atoms with Gasteiger partial charge in [-0.25, -0.2) is 10.2 Å². The number of esters is 1. The largest absolute Gasteiger partial charge is 0.422 e. The van der Waals surface area contributed by atoms with Gasteiger partial charge < -0.3 is 4.74 Å². The number of nitrogens with one attached hydrogen (secondary N) is 1. The lowest BCUT2D eigenvalue weighted by molar-refractivity contribution is -0.120. The molecule has 1 amide bonds. The minimum atomic E-state index is -0.456. The van der Waals surface area contributed by atoms with Crippen LogP contribution in [-0.2, 0) is 11.2 Å². The van der Waals surface area contributed by atoms with Gasteiger partial charge >= 0.3 is 5.97 Å². The molecular formula is C27H22N2O3. The lowest BCUT2D eigenvalue weighted by Crippen LogP contribution is -2.19. The molecule has 5 nitrogen and oxygen atoms in total. The summed E-state index contributed by atoms with van der Waals surface area (Å²) in [6, 6.07) is 28.0. The molecule has 0 bridgehead atoms. The number of benzene rings is 4. The Kier molecular flexibility index (Phi) is 6.37. The van der Waals surface area contributed by atoms with Crippen molar-refractivity contribution in [1.29, 1.82) is 0 Å². The zero-order chi connectivity index (χ0) is 22.3. The highest BCUT2D eigenvalue weighted by molar-refractivity contribution is 6.04. The summed E-state index contributed by atoms with van der Waals surface area (Å²) in [4.78, 5) is 24.9. The van der Waals surface area contributed by atoms with Crippen molar-refractivity contribution in [3.8, 4) is 5.75 Å². The van der Waals surface area contributed by atoms with Gasteiger partial charge in [0.15, 0.2) is 0 Å². The number of rotatable bonds is 6. The SMILES string of the molecule is Cc1ccc(C(=O)Oc2ccc3ccccc3c2C=NNC(=O)Cc2ccccc2)cc1. The Morgan fingerprint density at radius 2 is 1.59 bits per heavy atom. The second-order valence-corrected chi connectivity index (χ2v) is 7.41. The van der Waals surface area contributed by atoms with Gasteiger partial charge in [0.2, 0.25) is 5.91 Å². The molecule has 0 spiro atoms. The van der Waals surface area contributed by atoms with E-state index in [1.54, 1.807) is 18.2 Å². The van der Waals surface area contributed by atoms with Crippen molar-refractivity contribution < 1.29 is 14.3 Å². The summed E-state index contributed by atoms with van der Waals surface area (Å²) in [6.07, 6.45) is 1.74. The van der Waals surface area contributed by atoms with E-state index in [9.17, 15) is 9.59 Å². The third kappa shape index (κ3) is 5.08. The highest BCUT2D eigenvalue weighted by atomic mass is 16.5. The van der Waals surface area contributed by atoms with Gasteiger partial charge in [0.25, 0.3) is 0 Å². The normalized spacial score (nSPS) is 10.9. The van der Waals surface area contributed by atoms with Crippen molar-refractivity contribution in [2.45, 2.75) is 13.3 Å². The molecule has 4 rings (SSSR count). The van der Waals surface area contributed by atoms with Gasteiger partial charge in [0.1, 0.15) is 5.75 Å². The maximum absolute atomic E-state index is 12.7. The summed E-state index contributed by atoms with van der Waals surface area (Å²) < 4.78 is 5.69. The van der Waals surface area contributed by atoms with E-state index >= 15 is 0 Å². The highest BCUT2D eigenvalue weighted by Crippen LogP contribution is 2.27. The lowest BCUT2D eigenvalue weighted by Gasteiger charge is -2.11. The van der Waals surface area contributed by atoms with E-state index in [0.717, 1.165) is 21.9 Å². The second kappa shape index (κ2) is 9.71. The first-order valence-corrected chi connectivity index (χ1v) is 10.3. The third-order valence-electron chi connectivity index (χ3n) is 5.01. The van der Waals surface area contributed by atoms with Crippen LogP contribution in [-0.4, -0.2) is 18.1 Å². The number of amides is 1. The molecule has 158 valence electrons. The van der Waals surface area contributed by atoms with Crippen molar-refractivity contribution in [1.82, 2.24) is 5.43 Å². The van der Waals surface area contributed by atoms with E-state index in [-0.39, 0.29) is 12.3 Å². The summed E-state index contributed by atoms with van der Waals surface area (Å²) in [7, 11) is 0. The molecule has 0 saturated carbocycles. The number of hydrazone groups is 1. The molecule has 0 saturated heterocycles. The lowest BCUT2D eigenvalue weighted by atomic mass is 10.0. The Morgan fingerprint density at radius 3 is 2.38 bits per heavy atom. The van der Waals surface area contributed by atoms with Crippen LogP contribution < -0.4 is 10.2 Å². The molecule has 0 aliphatic heterocycles. The monoisotopic (exact) mass is 422 g/mol. The molecule has 0 heterocycles. The molecule has 0 aliphatic carbocycles. The fourth-order valence-electron chi connectivity index (χ4n) is 3.34. The molecule has 0 aromatic heterocycles. The van der Waals surface area contributed by atoms with Crippen LogP contribution in [0.2, 0.25) is 0 Å². The predicted molar refractivity (Wildman–Crippen MR) is 126 cm³/mol. The number of hydrogen-bond acceptors (Lipinski definition) is 4. The first-order valence-electron chi connectivity index (χ1n) is 10.3. The Balaban J connectivity index is 1.57. The maximum atomic E-state index is 12.7. The fourth-order valence-corrected chi connectivity index (χ4v) is 3.34. The van der Waals surface area contributed by atoms with Crippen molar-refractivity contribution in [2.75, 3.05) is 0 Å². The molecule has 0 fully saturated rings. The van der Waals surface area contributed by atoms with Gasteiger partial charge in [-0.05, 0) is 41.5 Å². The van der Waals surface area contributed by atoms with E-state index in [1.165, 1.54) is 6.21 Å². The zero-order valence-corrected chi connectivity index (χ0v) is 17.6. The maximum Gasteiger partial charge on any atom is 0.343 e. The molecule has 0 aliphatic rings. The van der Waals surface area contributed by atoms with Gasteiger partial charge in [0, 0.05) is 5.56 Å². The van der Waals surface area contributed by atoms with Crippen molar-refractivity contribution >= 4 is 28.9 Å². The number of fused-ring (bicyclic) bond motifs is 1. The summed E-state index contributed by atoms with van der Waals surface area (Å²) >= 11 is 0. The number of aryl methyl sites for hydroxylation is 1.